The molecular formula is C17H35N3O. The molecule has 0 spiro atoms. The number of carbonyl (C=O) groups is 1. The van der Waals surface area contributed by atoms with E-state index in [1.54, 1.807) is 0 Å². The van der Waals surface area contributed by atoms with Gasteiger partial charge in [0.2, 0.25) is 5.91 Å². The smallest absolute Gasteiger partial charge is 0.239 e. The maximum absolute atomic E-state index is 12.6. The van der Waals surface area contributed by atoms with Crippen LogP contribution in [-0.2, 0) is 4.79 Å². The van der Waals surface area contributed by atoms with E-state index in [2.05, 4.69) is 64.4 Å². The average molecular weight is 297 g/mol. The quantitative estimate of drug-likeness (QED) is 0.750. The molecule has 1 aliphatic rings. The zero-order valence-electron chi connectivity index (χ0n) is 15.4. The molecule has 1 heterocycles. The maximum Gasteiger partial charge on any atom is 0.239 e. The molecule has 4 nitrogen and oxygen atoms in total. The molecule has 0 aromatic heterocycles. The van der Waals surface area contributed by atoms with Crippen LogP contribution >= 0.6 is 0 Å². The van der Waals surface area contributed by atoms with Gasteiger partial charge in [0.05, 0.1) is 5.54 Å². The number of carbonyl (C=O) groups excluding carboxylic acids is 1. The Hall–Kier alpha value is -0.610. The molecule has 0 radical (unpaired) electrons. The minimum absolute atomic E-state index is 0.0430. The first kappa shape index (κ1) is 18.4. The maximum atomic E-state index is 12.6. The van der Waals surface area contributed by atoms with Crippen molar-refractivity contribution in [2.45, 2.75) is 103 Å². The summed E-state index contributed by atoms with van der Waals surface area (Å²) < 4.78 is 0. The Morgan fingerprint density at radius 2 is 1.43 bits per heavy atom. The van der Waals surface area contributed by atoms with E-state index in [1.165, 1.54) is 0 Å². The van der Waals surface area contributed by atoms with E-state index in [0.29, 0.717) is 0 Å². The van der Waals surface area contributed by atoms with Crippen LogP contribution in [0.4, 0.5) is 0 Å². The lowest BCUT2D eigenvalue weighted by Gasteiger charge is -2.47. The van der Waals surface area contributed by atoms with Crippen LogP contribution in [0, 0.1) is 0 Å². The van der Waals surface area contributed by atoms with Gasteiger partial charge in [0, 0.05) is 22.7 Å². The first-order chi connectivity index (χ1) is 9.12. The summed E-state index contributed by atoms with van der Waals surface area (Å²) in [4.78, 5) is 12.6. The van der Waals surface area contributed by atoms with Gasteiger partial charge in [0.25, 0.3) is 0 Å². The molecule has 1 aliphatic heterocycles. The summed E-state index contributed by atoms with van der Waals surface area (Å²) in [6.45, 7) is 18.9. The highest BCUT2D eigenvalue weighted by Crippen LogP contribution is 2.28. The van der Waals surface area contributed by atoms with Crippen LogP contribution in [-0.4, -0.2) is 34.1 Å². The second-order valence-electron chi connectivity index (χ2n) is 9.47. The molecule has 0 aliphatic carbocycles. The molecule has 21 heavy (non-hydrogen) atoms. The summed E-state index contributed by atoms with van der Waals surface area (Å²) in [6.07, 6.45) is 1.90. The van der Waals surface area contributed by atoms with Gasteiger partial charge in [-0.1, -0.05) is 0 Å². The van der Waals surface area contributed by atoms with Gasteiger partial charge >= 0.3 is 0 Å². The summed E-state index contributed by atoms with van der Waals surface area (Å²) in [7, 11) is 0. The van der Waals surface area contributed by atoms with Crippen molar-refractivity contribution in [2.24, 2.45) is 0 Å². The molecule has 1 fully saturated rings. The van der Waals surface area contributed by atoms with E-state index < -0.39 is 5.54 Å². The van der Waals surface area contributed by atoms with Gasteiger partial charge in [-0.25, -0.2) is 0 Å². The third-order valence-electron chi connectivity index (χ3n) is 3.78. The molecule has 0 saturated carbocycles. The van der Waals surface area contributed by atoms with Gasteiger partial charge < -0.3 is 10.6 Å². The molecule has 1 saturated heterocycles. The lowest BCUT2D eigenvalue weighted by Crippen LogP contribution is -2.65. The van der Waals surface area contributed by atoms with Gasteiger partial charge in [-0.3, -0.25) is 10.1 Å². The zero-order valence-corrected chi connectivity index (χ0v) is 15.4. The molecule has 1 rings (SSSR count). The number of amides is 1. The minimum atomic E-state index is -0.572. The number of rotatable bonds is 3. The fourth-order valence-electron chi connectivity index (χ4n) is 3.78. The summed E-state index contributed by atoms with van der Waals surface area (Å²) >= 11 is 0. The van der Waals surface area contributed by atoms with Crippen LogP contribution in [0.3, 0.4) is 0 Å². The third kappa shape index (κ3) is 5.95. The van der Waals surface area contributed by atoms with Crippen molar-refractivity contribution in [1.82, 2.24) is 16.0 Å². The van der Waals surface area contributed by atoms with E-state index in [9.17, 15) is 4.79 Å². The molecular weight excluding hydrogens is 262 g/mol. The first-order valence-corrected chi connectivity index (χ1v) is 8.02. The van der Waals surface area contributed by atoms with Crippen LogP contribution in [0.1, 0.15) is 75.2 Å². The molecule has 0 unspecified atom stereocenters. The van der Waals surface area contributed by atoms with Crippen molar-refractivity contribution < 1.29 is 4.79 Å². The lowest BCUT2D eigenvalue weighted by molar-refractivity contribution is -0.128. The highest BCUT2D eigenvalue weighted by molar-refractivity contribution is 5.85. The summed E-state index contributed by atoms with van der Waals surface area (Å²) in [5, 5.41) is 10.3. The Labute approximate surface area is 130 Å². The van der Waals surface area contributed by atoms with Crippen LogP contribution in [0.15, 0.2) is 0 Å². The van der Waals surface area contributed by atoms with E-state index in [-0.39, 0.29) is 28.6 Å². The van der Waals surface area contributed by atoms with E-state index in [4.69, 9.17) is 0 Å². The Kier molecular flexibility index (Phi) is 4.87. The predicted molar refractivity (Wildman–Crippen MR) is 89.4 cm³/mol. The van der Waals surface area contributed by atoms with Crippen molar-refractivity contribution in [3.8, 4) is 0 Å². The van der Waals surface area contributed by atoms with Crippen LogP contribution < -0.4 is 16.0 Å². The fourth-order valence-corrected chi connectivity index (χ4v) is 3.78. The number of hydrogen-bond donors (Lipinski definition) is 3. The Morgan fingerprint density at radius 3 is 1.81 bits per heavy atom. The molecule has 3 N–H and O–H groups in total. The second kappa shape index (κ2) is 5.54. The molecule has 124 valence electrons. The van der Waals surface area contributed by atoms with Gasteiger partial charge in [-0.2, -0.15) is 0 Å². The Morgan fingerprint density at radius 1 is 1.00 bits per heavy atom. The van der Waals surface area contributed by atoms with Crippen molar-refractivity contribution in [1.29, 1.82) is 0 Å². The average Bonchev–Trinajstić information content (AvgIpc) is 2.06. The molecule has 4 heteroatoms. The van der Waals surface area contributed by atoms with Gasteiger partial charge in [0.1, 0.15) is 0 Å². The fraction of sp³-hybridized carbons (Fsp3) is 0.941. The molecule has 0 aromatic carbocycles. The summed E-state index contributed by atoms with van der Waals surface area (Å²) in [5.74, 6) is 0.0796. The highest BCUT2D eigenvalue weighted by Gasteiger charge is 2.40. The minimum Gasteiger partial charge on any atom is -0.352 e. The van der Waals surface area contributed by atoms with Crippen molar-refractivity contribution in [3.05, 3.63) is 0 Å². The Balaban J connectivity index is 2.74. The van der Waals surface area contributed by atoms with Crippen molar-refractivity contribution in [2.75, 3.05) is 0 Å². The zero-order chi connectivity index (χ0) is 16.7. The van der Waals surface area contributed by atoms with Crippen molar-refractivity contribution in [3.63, 3.8) is 0 Å². The first-order valence-electron chi connectivity index (χ1n) is 8.02. The van der Waals surface area contributed by atoms with E-state index in [1.807, 2.05) is 13.8 Å². The Bertz CT molecular complexity index is 375. The lowest BCUT2D eigenvalue weighted by atomic mass is 9.79. The molecule has 0 bridgehead atoms. The normalized spacial score (nSPS) is 22.9. The third-order valence-corrected chi connectivity index (χ3v) is 3.78. The molecule has 0 atom stereocenters. The summed E-state index contributed by atoms with van der Waals surface area (Å²) in [5.41, 5.74) is -0.576. The predicted octanol–water partition coefficient (Wildman–Crippen LogP) is 2.58. The van der Waals surface area contributed by atoms with E-state index >= 15 is 0 Å². The van der Waals surface area contributed by atoms with Gasteiger partial charge in [-0.05, 0) is 75.2 Å². The number of nitrogens with one attached hydrogen (secondary N) is 3. The SMILES string of the molecule is CC(C)(C)NC(C)(C)C(=O)NC1CC(C)(C)NC(C)(C)C1. The van der Waals surface area contributed by atoms with Crippen LogP contribution in [0.5, 0.6) is 0 Å². The summed E-state index contributed by atoms with van der Waals surface area (Å²) in [6, 6.07) is 0.213. The highest BCUT2D eigenvalue weighted by atomic mass is 16.2. The van der Waals surface area contributed by atoms with Crippen molar-refractivity contribution >= 4 is 5.91 Å². The molecule has 1 amide bonds. The van der Waals surface area contributed by atoms with Gasteiger partial charge in [0.15, 0.2) is 0 Å². The van der Waals surface area contributed by atoms with Crippen LogP contribution in [0.25, 0.3) is 0 Å². The largest absolute Gasteiger partial charge is 0.352 e. The standard InChI is InChI=1S/C17H35N3O/c1-14(2,3)19-17(8,9)13(21)18-12-10-15(4,5)20-16(6,7)11-12/h12,19-20H,10-11H2,1-9H3,(H,18,21). The topological polar surface area (TPSA) is 53.2 Å². The molecule has 0 aromatic rings. The number of hydrogen-bond acceptors (Lipinski definition) is 3. The second-order valence-corrected chi connectivity index (χ2v) is 9.47. The van der Waals surface area contributed by atoms with Crippen LogP contribution in [0.2, 0.25) is 0 Å². The van der Waals surface area contributed by atoms with Gasteiger partial charge in [-0.15, -0.1) is 0 Å². The number of piperidine rings is 1. The van der Waals surface area contributed by atoms with E-state index in [0.717, 1.165) is 12.8 Å². The monoisotopic (exact) mass is 297 g/mol.